The van der Waals surface area contributed by atoms with Crippen molar-refractivity contribution in [1.82, 2.24) is 24.1 Å². The quantitative estimate of drug-likeness (QED) is 0.143. The van der Waals surface area contributed by atoms with E-state index >= 15 is 0 Å². The Morgan fingerprint density at radius 3 is 1.33 bits per heavy atom. The van der Waals surface area contributed by atoms with Gasteiger partial charge in [0.2, 0.25) is 5.95 Å². The molecule has 0 aliphatic heterocycles. The van der Waals surface area contributed by atoms with Crippen molar-refractivity contribution in [1.29, 1.82) is 0 Å². The first kappa shape index (κ1) is 49.8. The normalized spacial score (nSPS) is 11.7. The van der Waals surface area contributed by atoms with Crippen LogP contribution in [0.25, 0.3) is 100 Å². The molecule has 0 aliphatic rings. The molecule has 3 aromatic heterocycles. The lowest BCUT2D eigenvalue weighted by molar-refractivity contribution is 0.591. The van der Waals surface area contributed by atoms with Gasteiger partial charge in [0.15, 0.2) is 11.6 Å². The standard InChI is InChI=1S/C59H49N5.C5H8.C4H10/c1-58(2,3)44-28-32-51-49(36-44)47-30-31-48-50-37-45(59(4,5)6)29-33-52(50)64(54(48)53(47)63(51)46-26-14-9-15-27-46)57-61-55(39-20-12-8-13-21-39)60-56(62-57)43-25-17-24-42(35-43)41-23-16-22-40(34-41)38-18-10-7-11-19-38;1-3-5-4-2;1-3-4-2/h7-37H,1-6H3;3-5H,1H2,2H3;3-4H2,1-2H3/b;5-4-;. The van der Waals surface area contributed by atoms with Gasteiger partial charge in [0.05, 0.1) is 22.1 Å². The minimum atomic E-state index is -0.0541. The van der Waals surface area contributed by atoms with Crippen molar-refractivity contribution in [3.8, 4) is 56.7 Å². The summed E-state index contributed by atoms with van der Waals surface area (Å²) in [5, 5.41) is 4.71. The summed E-state index contributed by atoms with van der Waals surface area (Å²) in [5.41, 5.74) is 14.4. The topological polar surface area (TPSA) is 48.5 Å². The van der Waals surface area contributed by atoms with E-state index in [9.17, 15) is 0 Å². The van der Waals surface area contributed by atoms with Gasteiger partial charge in [-0.05, 0) is 99.7 Å². The van der Waals surface area contributed by atoms with Crippen molar-refractivity contribution in [2.75, 3.05) is 0 Å². The third-order valence-electron chi connectivity index (χ3n) is 13.5. The number of aromatic nitrogens is 5. The molecule has 0 aliphatic carbocycles. The Labute approximate surface area is 432 Å². The number of fused-ring (bicyclic) bond motifs is 7. The summed E-state index contributed by atoms with van der Waals surface area (Å²) < 4.78 is 4.74. The molecule has 3 heterocycles. The van der Waals surface area contributed by atoms with Gasteiger partial charge in [-0.25, -0.2) is 4.98 Å². The van der Waals surface area contributed by atoms with E-state index in [0.717, 1.165) is 60.8 Å². The molecule has 11 rings (SSSR count). The lowest BCUT2D eigenvalue weighted by Gasteiger charge is -2.19. The van der Waals surface area contributed by atoms with E-state index in [0.29, 0.717) is 17.6 Å². The van der Waals surface area contributed by atoms with Crippen LogP contribution in [0.1, 0.15) is 86.3 Å². The van der Waals surface area contributed by atoms with Gasteiger partial charge in [-0.2, -0.15) is 9.97 Å². The number of benzene rings is 8. The van der Waals surface area contributed by atoms with Gasteiger partial charge < -0.3 is 4.57 Å². The molecule has 0 radical (unpaired) electrons. The number of unbranched alkanes of at least 4 members (excludes halogenated alkanes) is 1. The zero-order valence-electron chi connectivity index (χ0n) is 44.0. The van der Waals surface area contributed by atoms with Gasteiger partial charge in [-0.3, -0.25) is 4.57 Å². The van der Waals surface area contributed by atoms with Crippen molar-refractivity contribution in [3.05, 3.63) is 224 Å². The lowest BCUT2D eigenvalue weighted by Crippen LogP contribution is -2.11. The molecule has 5 nitrogen and oxygen atoms in total. The molecule has 0 unspecified atom stereocenters. The van der Waals surface area contributed by atoms with Crippen molar-refractivity contribution < 1.29 is 0 Å². The van der Waals surface area contributed by atoms with Gasteiger partial charge in [0.25, 0.3) is 0 Å². The van der Waals surface area contributed by atoms with E-state index in [1.165, 1.54) is 45.9 Å². The maximum Gasteiger partial charge on any atom is 0.238 e. The van der Waals surface area contributed by atoms with Crippen LogP contribution in [0.5, 0.6) is 0 Å². The molecule has 364 valence electrons. The molecular weight excluding hydrogens is 887 g/mol. The highest BCUT2D eigenvalue weighted by Crippen LogP contribution is 2.44. The summed E-state index contributed by atoms with van der Waals surface area (Å²) >= 11 is 0. The number of para-hydroxylation sites is 1. The molecule has 8 aromatic carbocycles. The largest absolute Gasteiger partial charge is 0.307 e. The minimum absolute atomic E-state index is 0.0190. The van der Waals surface area contributed by atoms with E-state index in [-0.39, 0.29) is 10.8 Å². The predicted molar refractivity (Wildman–Crippen MR) is 313 cm³/mol. The third-order valence-corrected chi connectivity index (χ3v) is 13.5. The Hall–Kier alpha value is -8.15. The van der Waals surface area contributed by atoms with E-state index in [1.807, 2.05) is 37.3 Å². The lowest BCUT2D eigenvalue weighted by atomic mass is 9.86. The van der Waals surface area contributed by atoms with Crippen molar-refractivity contribution >= 4 is 43.6 Å². The zero-order valence-corrected chi connectivity index (χ0v) is 44.0. The van der Waals surface area contributed by atoms with E-state index < -0.39 is 0 Å². The molecule has 0 saturated carbocycles. The highest BCUT2D eigenvalue weighted by atomic mass is 15.2. The van der Waals surface area contributed by atoms with Crippen molar-refractivity contribution in [3.63, 3.8) is 0 Å². The van der Waals surface area contributed by atoms with Crippen LogP contribution in [0.2, 0.25) is 0 Å². The van der Waals surface area contributed by atoms with Crippen LogP contribution in [0.15, 0.2) is 213 Å². The van der Waals surface area contributed by atoms with Crippen LogP contribution < -0.4 is 0 Å². The zero-order chi connectivity index (χ0) is 51.3. The maximum absolute atomic E-state index is 5.48. The van der Waals surface area contributed by atoms with Gasteiger partial charge in [-0.1, -0.05) is 233 Å². The van der Waals surface area contributed by atoms with E-state index in [4.69, 9.17) is 15.0 Å². The van der Waals surface area contributed by atoms with Gasteiger partial charge in [0.1, 0.15) is 0 Å². The Morgan fingerprint density at radius 1 is 0.425 bits per heavy atom. The third kappa shape index (κ3) is 10.3. The first-order valence-corrected chi connectivity index (χ1v) is 25.8. The summed E-state index contributed by atoms with van der Waals surface area (Å²) in [6.07, 6.45) is 8.22. The molecule has 11 aromatic rings. The Morgan fingerprint density at radius 2 is 0.849 bits per heavy atom. The van der Waals surface area contributed by atoms with Gasteiger partial charge in [0, 0.05) is 38.4 Å². The SMILES string of the molecule is C=C/C=C\C.CC(C)(C)c1ccc2c(c1)c1ccc3c4cc(C(C)(C)C)ccc4n(-c4nc(-c5ccccc5)nc(-c5cccc(-c6cccc(-c7ccccc7)c6)c5)n4)c3c1n2-c1ccccc1.CCCC. The molecule has 0 atom stereocenters. The van der Waals surface area contributed by atoms with Crippen molar-refractivity contribution in [2.24, 2.45) is 0 Å². The predicted octanol–water partition coefficient (Wildman–Crippen LogP) is 18.9. The Balaban J connectivity index is 0.000000674. The maximum atomic E-state index is 5.48. The van der Waals surface area contributed by atoms with Gasteiger partial charge in [-0.15, -0.1) is 0 Å². The van der Waals surface area contributed by atoms with Crippen LogP contribution in [0, 0.1) is 0 Å². The summed E-state index contributed by atoms with van der Waals surface area (Å²) in [7, 11) is 0. The molecule has 0 fully saturated rings. The molecule has 0 N–H and O–H groups in total. The molecule has 5 heteroatoms. The highest BCUT2D eigenvalue weighted by Gasteiger charge is 2.26. The van der Waals surface area contributed by atoms with E-state index in [2.05, 4.69) is 241 Å². The molecule has 0 bridgehead atoms. The molecule has 73 heavy (non-hydrogen) atoms. The highest BCUT2D eigenvalue weighted by molar-refractivity contribution is 6.24. The summed E-state index contributed by atoms with van der Waals surface area (Å²) in [6.45, 7) is 23.5. The van der Waals surface area contributed by atoms with Crippen LogP contribution in [0.3, 0.4) is 0 Å². The Kier molecular flexibility index (Phi) is 14.5. The van der Waals surface area contributed by atoms with E-state index in [1.54, 1.807) is 6.08 Å². The monoisotopic (exact) mass is 954 g/mol. The summed E-state index contributed by atoms with van der Waals surface area (Å²) in [4.78, 5) is 16.1. The molecule has 0 amide bonds. The number of hydrogen-bond donors (Lipinski definition) is 0. The van der Waals surface area contributed by atoms with Crippen molar-refractivity contribution in [2.45, 2.75) is 86.0 Å². The number of rotatable bonds is 8. The van der Waals surface area contributed by atoms with Crippen LogP contribution >= 0.6 is 0 Å². The minimum Gasteiger partial charge on any atom is -0.307 e. The fourth-order valence-corrected chi connectivity index (χ4v) is 9.38. The number of hydrogen-bond acceptors (Lipinski definition) is 3. The van der Waals surface area contributed by atoms with Crippen LogP contribution in [-0.2, 0) is 10.8 Å². The molecule has 0 spiro atoms. The smallest absolute Gasteiger partial charge is 0.238 e. The fraction of sp³-hybridized carbons (Fsp3) is 0.191. The van der Waals surface area contributed by atoms with Crippen LogP contribution in [0.4, 0.5) is 0 Å². The summed E-state index contributed by atoms with van der Waals surface area (Å²) in [6, 6.07) is 67.4. The van der Waals surface area contributed by atoms with Gasteiger partial charge >= 0.3 is 0 Å². The average molecular weight is 954 g/mol. The Bertz CT molecular complexity index is 3730. The second kappa shape index (κ2) is 21.3. The summed E-state index contributed by atoms with van der Waals surface area (Å²) in [5.74, 6) is 1.79. The van der Waals surface area contributed by atoms with Crippen LogP contribution in [-0.4, -0.2) is 24.1 Å². The second-order valence-corrected chi connectivity index (χ2v) is 20.8. The second-order valence-electron chi connectivity index (χ2n) is 20.8. The number of nitrogens with zero attached hydrogens (tertiary/aromatic N) is 5. The first-order valence-electron chi connectivity index (χ1n) is 25.8. The molecular formula is C68H67N5. The average Bonchev–Trinajstić information content (AvgIpc) is 3.94. The fourth-order valence-electron chi connectivity index (χ4n) is 9.38. The molecule has 0 saturated heterocycles. The first-order chi connectivity index (χ1) is 35.3. The number of allylic oxidation sites excluding steroid dienone is 3.